The normalized spacial score (nSPS) is 31.1. The summed E-state index contributed by atoms with van der Waals surface area (Å²) < 4.78 is 0. The van der Waals surface area contributed by atoms with E-state index in [4.69, 9.17) is 5.11 Å². The van der Waals surface area contributed by atoms with Crippen LogP contribution in [0, 0.1) is 11.8 Å². The van der Waals surface area contributed by atoms with Crippen molar-refractivity contribution in [3.8, 4) is 0 Å². The lowest BCUT2D eigenvalue weighted by Crippen LogP contribution is -2.48. The first-order chi connectivity index (χ1) is 10.6. The van der Waals surface area contributed by atoms with Crippen LogP contribution in [0.4, 0.5) is 0 Å². The lowest BCUT2D eigenvalue weighted by molar-refractivity contribution is -0.146. The van der Waals surface area contributed by atoms with E-state index < -0.39 is 5.97 Å². The van der Waals surface area contributed by atoms with Crippen LogP contribution in [0.1, 0.15) is 50.0 Å². The molecule has 1 aromatic rings. The number of carbonyl (C=O) groups excluding carboxylic acids is 1. The number of nitrogens with one attached hydrogen (secondary N) is 1. The van der Waals surface area contributed by atoms with Gasteiger partial charge in [-0.2, -0.15) is 0 Å². The standard InChI is InChI=1S/C18H23NO3/c20-17(19-16-10-15(11-16)18(21)22)14-8-6-13(7-9-14)12-4-2-1-3-5-12/h1-5,13-16H,6-11H2,(H,19,20)(H,21,22). The van der Waals surface area contributed by atoms with Crippen molar-refractivity contribution >= 4 is 11.9 Å². The fourth-order valence-corrected chi connectivity index (χ4v) is 3.67. The third-order valence-electron chi connectivity index (χ3n) is 5.20. The molecule has 2 aliphatic carbocycles. The first-order valence-corrected chi connectivity index (χ1v) is 8.21. The number of benzene rings is 1. The van der Waals surface area contributed by atoms with Crippen molar-refractivity contribution in [2.75, 3.05) is 0 Å². The molecule has 2 saturated carbocycles. The fraction of sp³-hybridized carbons (Fsp3) is 0.556. The second-order valence-corrected chi connectivity index (χ2v) is 6.67. The molecule has 1 aromatic carbocycles. The summed E-state index contributed by atoms with van der Waals surface area (Å²) in [6.45, 7) is 0. The van der Waals surface area contributed by atoms with E-state index in [1.807, 2.05) is 6.07 Å². The Kier molecular flexibility index (Phi) is 4.46. The Bertz CT molecular complexity index is 529. The first-order valence-electron chi connectivity index (χ1n) is 8.21. The SMILES string of the molecule is O=C(O)C1CC(NC(=O)C2CCC(c3ccccc3)CC2)C1. The van der Waals surface area contributed by atoms with Crippen LogP contribution >= 0.6 is 0 Å². The Labute approximate surface area is 130 Å². The molecule has 0 atom stereocenters. The van der Waals surface area contributed by atoms with Crippen molar-refractivity contribution in [2.45, 2.75) is 50.5 Å². The molecule has 0 aromatic heterocycles. The van der Waals surface area contributed by atoms with Gasteiger partial charge in [-0.15, -0.1) is 0 Å². The summed E-state index contributed by atoms with van der Waals surface area (Å²) in [6.07, 6.45) is 5.15. The maximum absolute atomic E-state index is 12.3. The number of carboxylic acids is 1. The van der Waals surface area contributed by atoms with Gasteiger partial charge in [-0.3, -0.25) is 9.59 Å². The predicted molar refractivity (Wildman–Crippen MR) is 83.4 cm³/mol. The zero-order chi connectivity index (χ0) is 15.5. The molecule has 0 aliphatic heterocycles. The average molecular weight is 301 g/mol. The molecule has 22 heavy (non-hydrogen) atoms. The largest absolute Gasteiger partial charge is 0.481 e. The maximum atomic E-state index is 12.3. The number of hydrogen-bond acceptors (Lipinski definition) is 2. The van der Waals surface area contributed by atoms with E-state index in [-0.39, 0.29) is 23.8 Å². The van der Waals surface area contributed by atoms with Crippen LogP contribution in [-0.2, 0) is 9.59 Å². The number of hydrogen-bond donors (Lipinski definition) is 2. The molecular weight excluding hydrogens is 278 g/mol. The fourth-order valence-electron chi connectivity index (χ4n) is 3.67. The van der Waals surface area contributed by atoms with Crippen molar-refractivity contribution < 1.29 is 14.7 Å². The van der Waals surface area contributed by atoms with E-state index in [1.165, 1.54) is 5.56 Å². The minimum Gasteiger partial charge on any atom is -0.481 e. The van der Waals surface area contributed by atoms with Gasteiger partial charge >= 0.3 is 5.97 Å². The van der Waals surface area contributed by atoms with Gasteiger partial charge < -0.3 is 10.4 Å². The number of aliphatic carboxylic acids is 1. The molecule has 0 saturated heterocycles. The molecule has 118 valence electrons. The molecule has 1 amide bonds. The van der Waals surface area contributed by atoms with Crippen LogP contribution in [0.5, 0.6) is 0 Å². The van der Waals surface area contributed by atoms with Gasteiger partial charge in [0.15, 0.2) is 0 Å². The molecule has 2 fully saturated rings. The van der Waals surface area contributed by atoms with E-state index in [1.54, 1.807) is 0 Å². The van der Waals surface area contributed by atoms with Gasteiger partial charge in [0.05, 0.1) is 5.92 Å². The molecular formula is C18H23NO3. The monoisotopic (exact) mass is 301 g/mol. The van der Waals surface area contributed by atoms with Crippen LogP contribution in [0.25, 0.3) is 0 Å². The molecule has 0 unspecified atom stereocenters. The Hall–Kier alpha value is -1.84. The van der Waals surface area contributed by atoms with Gasteiger partial charge in [0.25, 0.3) is 0 Å². The highest BCUT2D eigenvalue weighted by molar-refractivity contribution is 5.80. The minimum absolute atomic E-state index is 0.0699. The Balaban J connectivity index is 1.44. The molecule has 4 nitrogen and oxygen atoms in total. The summed E-state index contributed by atoms with van der Waals surface area (Å²) in [5, 5.41) is 11.9. The van der Waals surface area contributed by atoms with E-state index >= 15 is 0 Å². The zero-order valence-electron chi connectivity index (χ0n) is 12.7. The molecule has 0 spiro atoms. The topological polar surface area (TPSA) is 66.4 Å². The molecule has 3 rings (SSSR count). The van der Waals surface area contributed by atoms with E-state index in [2.05, 4.69) is 29.6 Å². The molecule has 4 heteroatoms. The third-order valence-corrected chi connectivity index (χ3v) is 5.20. The highest BCUT2D eigenvalue weighted by atomic mass is 16.4. The number of rotatable bonds is 4. The highest BCUT2D eigenvalue weighted by Gasteiger charge is 2.36. The van der Waals surface area contributed by atoms with Gasteiger partial charge in [0.1, 0.15) is 0 Å². The second-order valence-electron chi connectivity index (χ2n) is 6.67. The first kappa shape index (κ1) is 15.1. The maximum Gasteiger partial charge on any atom is 0.306 e. The highest BCUT2D eigenvalue weighted by Crippen LogP contribution is 2.36. The van der Waals surface area contributed by atoms with Crippen molar-refractivity contribution in [2.24, 2.45) is 11.8 Å². The Morgan fingerprint density at radius 1 is 0.955 bits per heavy atom. The quantitative estimate of drug-likeness (QED) is 0.898. The molecule has 2 aliphatic rings. The van der Waals surface area contributed by atoms with E-state index in [0.717, 1.165) is 25.7 Å². The summed E-state index contributed by atoms with van der Waals surface area (Å²) in [7, 11) is 0. The van der Waals surface area contributed by atoms with Gasteiger partial charge in [0.2, 0.25) is 5.91 Å². The predicted octanol–water partition coefficient (Wildman–Crippen LogP) is 2.94. The van der Waals surface area contributed by atoms with Gasteiger partial charge in [-0.1, -0.05) is 30.3 Å². The van der Waals surface area contributed by atoms with Crippen molar-refractivity contribution in [3.05, 3.63) is 35.9 Å². The van der Waals surface area contributed by atoms with Crippen LogP contribution in [0.3, 0.4) is 0 Å². The lowest BCUT2D eigenvalue weighted by atomic mass is 9.77. The van der Waals surface area contributed by atoms with Gasteiger partial charge in [-0.25, -0.2) is 0 Å². The lowest BCUT2D eigenvalue weighted by Gasteiger charge is -2.35. The van der Waals surface area contributed by atoms with Gasteiger partial charge in [-0.05, 0) is 50.0 Å². The smallest absolute Gasteiger partial charge is 0.306 e. The van der Waals surface area contributed by atoms with Crippen molar-refractivity contribution in [3.63, 3.8) is 0 Å². The van der Waals surface area contributed by atoms with Crippen molar-refractivity contribution in [1.29, 1.82) is 0 Å². The summed E-state index contributed by atoms with van der Waals surface area (Å²) in [5.41, 5.74) is 1.38. The summed E-state index contributed by atoms with van der Waals surface area (Å²) in [5.74, 6) is -0.206. The van der Waals surface area contributed by atoms with E-state index in [0.29, 0.717) is 18.8 Å². The summed E-state index contributed by atoms with van der Waals surface area (Å²) in [6, 6.07) is 10.6. The van der Waals surface area contributed by atoms with Crippen LogP contribution in [0.2, 0.25) is 0 Å². The van der Waals surface area contributed by atoms with Crippen LogP contribution in [0.15, 0.2) is 30.3 Å². The summed E-state index contributed by atoms with van der Waals surface area (Å²) in [4.78, 5) is 23.0. The molecule has 0 heterocycles. The number of carboxylic acid groups (broad SMARTS) is 1. The Morgan fingerprint density at radius 2 is 1.59 bits per heavy atom. The van der Waals surface area contributed by atoms with Crippen LogP contribution in [-0.4, -0.2) is 23.0 Å². The van der Waals surface area contributed by atoms with Crippen molar-refractivity contribution in [1.82, 2.24) is 5.32 Å². The minimum atomic E-state index is -0.742. The second kappa shape index (κ2) is 6.51. The summed E-state index contributed by atoms with van der Waals surface area (Å²) >= 11 is 0. The molecule has 2 N–H and O–H groups in total. The Morgan fingerprint density at radius 3 is 2.18 bits per heavy atom. The van der Waals surface area contributed by atoms with E-state index in [9.17, 15) is 9.59 Å². The number of amides is 1. The molecule has 0 bridgehead atoms. The third kappa shape index (κ3) is 3.32. The zero-order valence-corrected chi connectivity index (χ0v) is 12.7. The average Bonchev–Trinajstić information content (AvgIpc) is 2.51. The van der Waals surface area contributed by atoms with Gasteiger partial charge in [0, 0.05) is 12.0 Å². The number of carbonyl (C=O) groups is 2. The molecule has 0 radical (unpaired) electrons. The van der Waals surface area contributed by atoms with Crippen LogP contribution < -0.4 is 5.32 Å².